The maximum absolute atomic E-state index is 13.1. The van der Waals surface area contributed by atoms with Gasteiger partial charge in [-0.15, -0.1) is 0 Å². The summed E-state index contributed by atoms with van der Waals surface area (Å²) >= 11 is 0. The summed E-state index contributed by atoms with van der Waals surface area (Å²) in [6.45, 7) is 3.23. The van der Waals surface area contributed by atoms with Gasteiger partial charge in [0, 0.05) is 28.3 Å². The number of nitrogen functional groups attached to an aromatic ring is 1. The number of carbonyl (C=O) groups is 2. The van der Waals surface area contributed by atoms with Crippen molar-refractivity contribution in [3.63, 3.8) is 0 Å². The minimum atomic E-state index is -0.528. The van der Waals surface area contributed by atoms with Crippen molar-refractivity contribution >= 4 is 28.4 Å². The van der Waals surface area contributed by atoms with E-state index in [-0.39, 0.29) is 16.8 Å². The Balaban J connectivity index is 2.25. The summed E-state index contributed by atoms with van der Waals surface area (Å²) in [5, 5.41) is 11.7. The van der Waals surface area contributed by atoms with Crippen molar-refractivity contribution in [2.75, 3.05) is 0 Å². The van der Waals surface area contributed by atoms with Crippen molar-refractivity contribution in [2.45, 2.75) is 13.8 Å². The lowest BCUT2D eigenvalue weighted by Crippen LogP contribution is -2.30. The number of carbonyl (C=O) groups excluding carboxylic acids is 2. The molecule has 1 heterocycles. The number of hydrogen-bond donors (Lipinski definition) is 2. The lowest BCUT2D eigenvalue weighted by molar-refractivity contribution is -0.385. The molecule has 0 bridgehead atoms. The van der Waals surface area contributed by atoms with Gasteiger partial charge in [-0.3, -0.25) is 29.7 Å². The van der Waals surface area contributed by atoms with E-state index < -0.39 is 16.7 Å². The first-order valence-electron chi connectivity index (χ1n) is 7.77. The number of nitrogens with two attached hydrogens (primary N) is 1. The molecule has 0 radical (unpaired) electrons. The summed E-state index contributed by atoms with van der Waals surface area (Å²) in [5.74, 6) is 4.29. The molecule has 0 atom stereocenters. The lowest BCUT2D eigenvalue weighted by Gasteiger charge is -2.08. The highest BCUT2D eigenvalue weighted by Crippen LogP contribution is 2.28. The zero-order valence-electron chi connectivity index (χ0n) is 14.1. The first kappa shape index (κ1) is 17.3. The third kappa shape index (κ3) is 2.62. The second-order valence-electron chi connectivity index (χ2n) is 5.85. The van der Waals surface area contributed by atoms with Gasteiger partial charge in [-0.2, -0.15) is 0 Å². The van der Waals surface area contributed by atoms with Gasteiger partial charge in [0.15, 0.2) is 0 Å². The summed E-state index contributed by atoms with van der Waals surface area (Å²) in [4.78, 5) is 35.9. The maximum atomic E-state index is 13.1. The van der Waals surface area contributed by atoms with Crippen LogP contribution in [0, 0.1) is 24.0 Å². The predicted molar refractivity (Wildman–Crippen MR) is 95.9 cm³/mol. The molecule has 26 heavy (non-hydrogen) atoms. The van der Waals surface area contributed by atoms with Gasteiger partial charge in [0.1, 0.15) is 0 Å². The van der Waals surface area contributed by atoms with E-state index in [0.29, 0.717) is 22.2 Å². The fraction of sp³-hybridized carbons (Fsp3) is 0.111. The molecule has 1 amide bonds. The van der Waals surface area contributed by atoms with Crippen molar-refractivity contribution < 1.29 is 14.5 Å². The first-order valence-corrected chi connectivity index (χ1v) is 7.77. The van der Waals surface area contributed by atoms with Crippen LogP contribution in [0.5, 0.6) is 0 Å². The van der Waals surface area contributed by atoms with E-state index in [1.54, 1.807) is 38.1 Å². The number of fused-ring (bicyclic) bond motifs is 1. The number of rotatable bonds is 3. The van der Waals surface area contributed by atoms with Gasteiger partial charge in [-0.25, -0.2) is 5.84 Å². The summed E-state index contributed by atoms with van der Waals surface area (Å²) in [6, 6.07) is 11.2. The SMILES string of the molecule is Cc1ccc(C(=O)n2c(C)c(C(=O)NN)c3ccccc32)cc1[N+](=O)[O-]. The van der Waals surface area contributed by atoms with Gasteiger partial charge in [-0.1, -0.05) is 24.3 Å². The summed E-state index contributed by atoms with van der Waals surface area (Å²) < 4.78 is 1.37. The predicted octanol–water partition coefficient (Wildman–Crippen LogP) is 2.46. The Morgan fingerprint density at radius 1 is 1.15 bits per heavy atom. The molecule has 0 spiro atoms. The largest absolute Gasteiger partial charge is 0.290 e. The topological polar surface area (TPSA) is 120 Å². The number of aryl methyl sites for hydroxylation is 1. The molecule has 1 aromatic heterocycles. The Labute approximate surface area is 148 Å². The number of nitrogens with zero attached hydrogens (tertiary/aromatic N) is 2. The molecule has 0 saturated heterocycles. The molecule has 132 valence electrons. The number of aromatic nitrogens is 1. The monoisotopic (exact) mass is 352 g/mol. The Bertz CT molecular complexity index is 1070. The van der Waals surface area contributed by atoms with Gasteiger partial charge in [0.2, 0.25) is 0 Å². The van der Waals surface area contributed by atoms with Crippen molar-refractivity contribution in [1.82, 2.24) is 9.99 Å². The van der Waals surface area contributed by atoms with Crippen LogP contribution in [0.4, 0.5) is 5.69 Å². The molecule has 0 unspecified atom stereocenters. The highest BCUT2D eigenvalue weighted by atomic mass is 16.6. The van der Waals surface area contributed by atoms with Crippen LogP contribution in [0.25, 0.3) is 10.9 Å². The number of amides is 1. The average Bonchev–Trinajstić information content (AvgIpc) is 2.92. The minimum Gasteiger partial charge on any atom is -0.290 e. The fourth-order valence-electron chi connectivity index (χ4n) is 3.06. The number of nitrogens with one attached hydrogen (secondary N) is 1. The second-order valence-corrected chi connectivity index (χ2v) is 5.85. The molecule has 0 aliphatic rings. The van der Waals surface area contributed by atoms with Gasteiger partial charge in [0.25, 0.3) is 17.5 Å². The zero-order chi connectivity index (χ0) is 19.0. The normalized spacial score (nSPS) is 10.7. The lowest BCUT2D eigenvalue weighted by atomic mass is 10.1. The number of nitro groups is 1. The quantitative estimate of drug-likeness (QED) is 0.325. The van der Waals surface area contributed by atoms with Crippen molar-refractivity contribution in [3.05, 3.63) is 75.0 Å². The average molecular weight is 352 g/mol. The number of hydrazine groups is 1. The molecule has 0 aliphatic carbocycles. The third-order valence-electron chi connectivity index (χ3n) is 4.33. The van der Waals surface area contributed by atoms with Gasteiger partial charge < -0.3 is 0 Å². The minimum absolute atomic E-state index is 0.134. The molecule has 0 fully saturated rings. The Morgan fingerprint density at radius 3 is 2.50 bits per heavy atom. The van der Waals surface area contributed by atoms with Crippen LogP contribution in [0.3, 0.4) is 0 Å². The van der Waals surface area contributed by atoms with E-state index in [0.717, 1.165) is 0 Å². The van der Waals surface area contributed by atoms with E-state index in [1.807, 2.05) is 0 Å². The molecular formula is C18H16N4O4. The van der Waals surface area contributed by atoms with Crippen molar-refractivity contribution in [2.24, 2.45) is 5.84 Å². The second kappa shape index (κ2) is 6.41. The number of benzene rings is 2. The summed E-state index contributed by atoms with van der Waals surface area (Å²) in [7, 11) is 0. The van der Waals surface area contributed by atoms with Gasteiger partial charge in [-0.05, 0) is 26.0 Å². The van der Waals surface area contributed by atoms with Crippen LogP contribution < -0.4 is 11.3 Å². The van der Waals surface area contributed by atoms with Crippen LogP contribution in [0.15, 0.2) is 42.5 Å². The maximum Gasteiger partial charge on any atom is 0.273 e. The number of hydrogen-bond acceptors (Lipinski definition) is 5. The van der Waals surface area contributed by atoms with Crippen LogP contribution >= 0.6 is 0 Å². The van der Waals surface area contributed by atoms with Crippen LogP contribution in [-0.2, 0) is 0 Å². The highest BCUT2D eigenvalue weighted by Gasteiger charge is 2.24. The standard InChI is InChI=1S/C18H16N4O4/c1-10-7-8-12(9-15(10)22(25)26)18(24)21-11(2)16(17(23)20-19)13-5-3-4-6-14(13)21/h3-9H,19H2,1-2H3,(H,20,23). The molecule has 2 aromatic carbocycles. The molecular weight excluding hydrogens is 336 g/mol. The molecule has 3 N–H and O–H groups in total. The zero-order valence-corrected chi connectivity index (χ0v) is 14.1. The smallest absolute Gasteiger partial charge is 0.273 e. The third-order valence-corrected chi connectivity index (χ3v) is 4.33. The van der Waals surface area contributed by atoms with Crippen LogP contribution in [0.1, 0.15) is 32.0 Å². The van der Waals surface area contributed by atoms with Gasteiger partial charge >= 0.3 is 0 Å². The Hall–Kier alpha value is -3.52. The fourth-order valence-corrected chi connectivity index (χ4v) is 3.06. The van der Waals surface area contributed by atoms with E-state index in [2.05, 4.69) is 5.43 Å². The van der Waals surface area contributed by atoms with Crippen LogP contribution in [0.2, 0.25) is 0 Å². The van der Waals surface area contributed by atoms with Crippen molar-refractivity contribution in [1.29, 1.82) is 0 Å². The number of para-hydroxylation sites is 1. The molecule has 0 saturated carbocycles. The Morgan fingerprint density at radius 2 is 1.85 bits per heavy atom. The molecule has 3 rings (SSSR count). The van der Waals surface area contributed by atoms with E-state index >= 15 is 0 Å². The molecule has 3 aromatic rings. The molecule has 8 heteroatoms. The first-order chi connectivity index (χ1) is 12.4. The van der Waals surface area contributed by atoms with Crippen molar-refractivity contribution in [3.8, 4) is 0 Å². The molecule has 0 aliphatic heterocycles. The number of nitro benzene ring substituents is 1. The summed E-state index contributed by atoms with van der Waals surface area (Å²) in [5.41, 5.74) is 3.79. The van der Waals surface area contributed by atoms with E-state index in [9.17, 15) is 19.7 Å². The Kier molecular flexibility index (Phi) is 4.27. The summed E-state index contributed by atoms with van der Waals surface area (Å²) in [6.07, 6.45) is 0. The van der Waals surface area contributed by atoms with Crippen LogP contribution in [-0.4, -0.2) is 21.3 Å². The van der Waals surface area contributed by atoms with Gasteiger partial charge in [0.05, 0.1) is 16.0 Å². The van der Waals surface area contributed by atoms with E-state index in [4.69, 9.17) is 5.84 Å². The highest BCUT2D eigenvalue weighted by molar-refractivity contribution is 6.13. The molecule has 8 nitrogen and oxygen atoms in total. The van der Waals surface area contributed by atoms with E-state index in [1.165, 1.54) is 22.8 Å².